The van der Waals surface area contributed by atoms with Gasteiger partial charge in [-0.3, -0.25) is 4.79 Å². The Morgan fingerprint density at radius 3 is 2.54 bits per heavy atom. The molecule has 1 amide bonds. The van der Waals surface area contributed by atoms with Crippen LogP contribution < -0.4 is 19.5 Å². The van der Waals surface area contributed by atoms with Crippen molar-refractivity contribution >= 4 is 37.5 Å². The van der Waals surface area contributed by atoms with Crippen LogP contribution in [0.1, 0.15) is 5.56 Å². The first-order valence-electron chi connectivity index (χ1n) is 7.64. The van der Waals surface area contributed by atoms with Gasteiger partial charge in [-0.1, -0.05) is 28.1 Å². The number of rotatable bonds is 5. The van der Waals surface area contributed by atoms with E-state index < -0.39 is 28.0 Å². The number of ether oxygens (including phenoxy) is 2. The van der Waals surface area contributed by atoms with Gasteiger partial charge in [-0.15, -0.1) is 13.2 Å². The highest BCUT2D eigenvalue weighted by atomic mass is 79.9. The van der Waals surface area contributed by atoms with Crippen LogP contribution in [0, 0.1) is 0 Å². The highest BCUT2D eigenvalue weighted by molar-refractivity contribution is 9.10. The molecule has 1 aliphatic heterocycles. The Morgan fingerprint density at radius 1 is 1.21 bits per heavy atom. The number of carbonyl (C=O) groups is 1. The first-order chi connectivity index (χ1) is 13.0. The number of halogens is 4. The molecule has 0 unspecified atom stereocenters. The predicted octanol–water partition coefficient (Wildman–Crippen LogP) is 3.16. The fourth-order valence-electron chi connectivity index (χ4n) is 2.40. The summed E-state index contributed by atoms with van der Waals surface area (Å²) in [5.41, 5.74) is 0.621. The molecule has 1 aliphatic rings. The smallest absolute Gasteiger partial charge is 0.480 e. The van der Waals surface area contributed by atoms with Crippen molar-refractivity contribution in [3.63, 3.8) is 0 Å². The summed E-state index contributed by atoms with van der Waals surface area (Å²) < 4.78 is 73.6. The highest BCUT2D eigenvalue weighted by Gasteiger charge is 2.31. The molecule has 2 aromatic rings. The molecular weight excluding hydrogens is 469 g/mol. The Labute approximate surface area is 166 Å². The molecule has 0 aromatic heterocycles. The molecule has 3 rings (SSSR count). The Hall–Kier alpha value is -2.31. The molecule has 0 spiro atoms. The molecule has 1 heterocycles. The zero-order valence-corrected chi connectivity index (χ0v) is 16.2. The SMILES string of the molecule is O=C1COc2c(cc(Br)cc2S(=O)(=O)NCc2ccc(OC(F)(F)F)cc2)N1. The van der Waals surface area contributed by atoms with E-state index in [1.165, 1.54) is 24.3 Å². The van der Waals surface area contributed by atoms with Crippen LogP contribution in [-0.2, 0) is 21.4 Å². The Bertz CT molecular complexity index is 1010. The van der Waals surface area contributed by atoms with Gasteiger partial charge in [-0.25, -0.2) is 13.1 Å². The van der Waals surface area contributed by atoms with E-state index in [0.29, 0.717) is 10.0 Å². The Kier molecular flexibility index (Phi) is 5.55. The molecule has 0 saturated heterocycles. The third-order valence-electron chi connectivity index (χ3n) is 3.55. The van der Waals surface area contributed by atoms with Crippen molar-refractivity contribution in [1.82, 2.24) is 4.72 Å². The third-order valence-corrected chi connectivity index (χ3v) is 5.42. The van der Waals surface area contributed by atoms with Gasteiger partial charge in [-0.05, 0) is 29.8 Å². The zero-order chi connectivity index (χ0) is 20.5. The van der Waals surface area contributed by atoms with Gasteiger partial charge in [0.2, 0.25) is 10.0 Å². The Morgan fingerprint density at radius 2 is 1.89 bits per heavy atom. The monoisotopic (exact) mass is 480 g/mol. The molecule has 12 heteroatoms. The van der Waals surface area contributed by atoms with Crippen LogP contribution in [0.3, 0.4) is 0 Å². The van der Waals surface area contributed by atoms with Crippen molar-refractivity contribution in [3.05, 3.63) is 46.4 Å². The number of anilines is 1. The topological polar surface area (TPSA) is 93.7 Å². The normalized spacial score (nSPS) is 14.1. The van der Waals surface area contributed by atoms with Crippen LogP contribution in [0.2, 0.25) is 0 Å². The van der Waals surface area contributed by atoms with Crippen LogP contribution in [0.25, 0.3) is 0 Å². The molecule has 7 nitrogen and oxygen atoms in total. The van der Waals surface area contributed by atoms with Crippen LogP contribution in [0.4, 0.5) is 18.9 Å². The minimum absolute atomic E-state index is 0.00391. The van der Waals surface area contributed by atoms with Gasteiger partial charge in [-0.2, -0.15) is 0 Å². The summed E-state index contributed by atoms with van der Waals surface area (Å²) in [5.74, 6) is -0.823. The predicted molar refractivity (Wildman–Crippen MR) is 95.4 cm³/mol. The maximum atomic E-state index is 12.7. The molecule has 0 atom stereocenters. The van der Waals surface area contributed by atoms with Crippen molar-refractivity contribution in [2.45, 2.75) is 17.8 Å². The molecule has 0 bridgehead atoms. The van der Waals surface area contributed by atoms with Gasteiger partial charge in [0.15, 0.2) is 12.4 Å². The zero-order valence-electron chi connectivity index (χ0n) is 13.8. The number of sulfonamides is 1. The standard InChI is InChI=1S/C16H12BrF3N2O5S/c17-10-5-12-15(26-8-14(23)22-12)13(6-10)28(24,25)21-7-9-1-3-11(4-2-9)27-16(18,19)20/h1-6,21H,7-8H2,(H,22,23). The van der Waals surface area contributed by atoms with E-state index in [0.717, 1.165) is 12.1 Å². The van der Waals surface area contributed by atoms with E-state index in [1.807, 2.05) is 0 Å². The van der Waals surface area contributed by atoms with Crippen LogP contribution >= 0.6 is 15.9 Å². The first kappa shape index (κ1) is 20.4. The fraction of sp³-hybridized carbons (Fsp3) is 0.188. The van der Waals surface area contributed by atoms with Crippen LogP contribution in [0.15, 0.2) is 45.8 Å². The molecule has 2 aromatic carbocycles. The lowest BCUT2D eigenvalue weighted by atomic mass is 10.2. The minimum atomic E-state index is -4.81. The summed E-state index contributed by atoms with van der Waals surface area (Å²) in [6, 6.07) is 7.59. The highest BCUT2D eigenvalue weighted by Crippen LogP contribution is 2.37. The number of hydrogen-bond acceptors (Lipinski definition) is 5. The second-order valence-corrected chi connectivity index (χ2v) is 8.28. The molecule has 0 fully saturated rings. The summed E-state index contributed by atoms with van der Waals surface area (Å²) in [6.45, 7) is -0.500. The minimum Gasteiger partial charge on any atom is -0.480 e. The summed E-state index contributed by atoms with van der Waals surface area (Å²) in [4.78, 5) is 11.2. The number of fused-ring (bicyclic) bond motifs is 1. The van der Waals surface area contributed by atoms with Crippen molar-refractivity contribution in [2.75, 3.05) is 11.9 Å². The van der Waals surface area contributed by atoms with Gasteiger partial charge in [0, 0.05) is 11.0 Å². The van der Waals surface area contributed by atoms with E-state index in [1.54, 1.807) is 0 Å². The summed E-state index contributed by atoms with van der Waals surface area (Å²) in [6.07, 6.45) is -4.81. The number of hydrogen-bond donors (Lipinski definition) is 2. The Balaban J connectivity index is 1.77. The van der Waals surface area contributed by atoms with Crippen molar-refractivity contribution in [1.29, 1.82) is 0 Å². The quantitative estimate of drug-likeness (QED) is 0.685. The maximum Gasteiger partial charge on any atom is 0.573 e. The van der Waals surface area contributed by atoms with Gasteiger partial charge in [0.1, 0.15) is 10.6 Å². The molecule has 28 heavy (non-hydrogen) atoms. The second kappa shape index (κ2) is 7.60. The lowest BCUT2D eigenvalue weighted by Crippen LogP contribution is -2.29. The molecule has 0 aliphatic carbocycles. The first-order valence-corrected chi connectivity index (χ1v) is 9.92. The van der Waals surface area contributed by atoms with E-state index in [9.17, 15) is 26.4 Å². The van der Waals surface area contributed by atoms with Gasteiger partial charge in [0.25, 0.3) is 5.91 Å². The van der Waals surface area contributed by atoms with Crippen molar-refractivity contribution in [3.8, 4) is 11.5 Å². The lowest BCUT2D eigenvalue weighted by molar-refractivity contribution is -0.274. The number of amides is 1. The summed E-state index contributed by atoms with van der Waals surface area (Å²) >= 11 is 3.18. The summed E-state index contributed by atoms with van der Waals surface area (Å²) in [7, 11) is -4.05. The van der Waals surface area contributed by atoms with Crippen LogP contribution in [0.5, 0.6) is 11.5 Å². The van der Waals surface area contributed by atoms with Gasteiger partial charge >= 0.3 is 6.36 Å². The fourth-order valence-corrected chi connectivity index (χ4v) is 4.22. The maximum absolute atomic E-state index is 12.7. The van der Waals surface area contributed by atoms with Gasteiger partial charge in [0.05, 0.1) is 5.69 Å². The molecule has 0 saturated carbocycles. The number of alkyl halides is 3. The average molecular weight is 481 g/mol. The van der Waals surface area contributed by atoms with Crippen molar-refractivity contribution < 1.29 is 35.9 Å². The lowest BCUT2D eigenvalue weighted by Gasteiger charge is -2.21. The number of carbonyl (C=O) groups excluding carboxylic acids is 1. The molecule has 0 radical (unpaired) electrons. The third kappa shape index (κ3) is 4.94. The van der Waals surface area contributed by atoms with E-state index >= 15 is 0 Å². The van der Waals surface area contributed by atoms with Gasteiger partial charge < -0.3 is 14.8 Å². The molecular formula is C16H12BrF3N2O5S. The largest absolute Gasteiger partial charge is 0.573 e. The molecule has 2 N–H and O–H groups in total. The molecule has 150 valence electrons. The number of nitrogens with one attached hydrogen (secondary N) is 2. The van der Waals surface area contributed by atoms with Crippen molar-refractivity contribution in [2.24, 2.45) is 0 Å². The average Bonchev–Trinajstić information content (AvgIpc) is 2.59. The van der Waals surface area contributed by atoms with E-state index in [2.05, 4.69) is 30.7 Å². The van der Waals surface area contributed by atoms with Crippen LogP contribution in [-0.4, -0.2) is 27.3 Å². The van der Waals surface area contributed by atoms with E-state index in [-0.39, 0.29) is 29.5 Å². The van der Waals surface area contributed by atoms with E-state index in [4.69, 9.17) is 4.74 Å². The number of benzene rings is 2. The summed E-state index contributed by atoms with van der Waals surface area (Å²) in [5, 5.41) is 2.52. The second-order valence-electron chi connectivity index (χ2n) is 5.63.